The lowest BCUT2D eigenvalue weighted by Crippen LogP contribution is -2.05. The number of hydrogen-bond donors (Lipinski definition) is 0. The van der Waals surface area contributed by atoms with Gasteiger partial charge < -0.3 is 0 Å². The Hall–Kier alpha value is -0.670. The van der Waals surface area contributed by atoms with Gasteiger partial charge in [0.2, 0.25) is 0 Å². The van der Waals surface area contributed by atoms with Crippen LogP contribution in [0, 0.1) is 11.6 Å². The van der Waals surface area contributed by atoms with Gasteiger partial charge in [0.1, 0.15) is 0 Å². The van der Waals surface area contributed by atoms with E-state index in [0.717, 1.165) is 12.1 Å². The number of benzene rings is 1. The Labute approximate surface area is 83.3 Å². The number of rotatable bonds is 2. The van der Waals surface area contributed by atoms with E-state index in [0.29, 0.717) is 0 Å². The number of Topliss-reactive ketones (excluding diaryl/α,β-unsaturated/α-hetero) is 1. The molecule has 0 heterocycles. The molecule has 0 N–H and O–H groups in total. The molecule has 0 saturated carbocycles. The fraction of sp³-hybridized carbons (Fsp3) is 0.125. The van der Waals surface area contributed by atoms with Crippen LogP contribution >= 0.6 is 23.2 Å². The summed E-state index contributed by atoms with van der Waals surface area (Å²) in [5.41, 5.74) is -0.378. The van der Waals surface area contributed by atoms with Gasteiger partial charge in [0.15, 0.2) is 17.4 Å². The highest BCUT2D eigenvalue weighted by atomic mass is 35.5. The Morgan fingerprint density at radius 3 is 2.46 bits per heavy atom. The Bertz CT molecular complexity index is 352. The van der Waals surface area contributed by atoms with Crippen molar-refractivity contribution in [1.29, 1.82) is 0 Å². The minimum atomic E-state index is -1.25. The number of ketones is 1. The van der Waals surface area contributed by atoms with Crippen molar-refractivity contribution in [2.24, 2.45) is 0 Å². The van der Waals surface area contributed by atoms with E-state index in [1.807, 2.05) is 0 Å². The molecule has 0 aliphatic carbocycles. The zero-order valence-electron chi connectivity index (χ0n) is 6.28. The van der Waals surface area contributed by atoms with E-state index in [-0.39, 0.29) is 10.6 Å². The fourth-order valence-electron chi connectivity index (χ4n) is 0.813. The first kappa shape index (κ1) is 10.4. The van der Waals surface area contributed by atoms with Crippen molar-refractivity contribution in [3.8, 4) is 0 Å². The second-order valence-corrected chi connectivity index (χ2v) is 2.95. The molecule has 1 nitrogen and oxygen atoms in total. The zero-order chi connectivity index (χ0) is 10.0. The third-order valence-electron chi connectivity index (χ3n) is 1.46. The summed E-state index contributed by atoms with van der Waals surface area (Å²) >= 11 is 10.5. The average Bonchev–Trinajstić information content (AvgIpc) is 2.13. The first-order valence-corrected chi connectivity index (χ1v) is 4.22. The third-order valence-corrected chi connectivity index (χ3v) is 1.99. The van der Waals surface area contributed by atoms with Crippen LogP contribution in [0.25, 0.3) is 0 Å². The molecule has 1 aromatic rings. The molecule has 0 fully saturated rings. The van der Waals surface area contributed by atoms with E-state index in [9.17, 15) is 13.6 Å². The van der Waals surface area contributed by atoms with Crippen LogP contribution in [0.3, 0.4) is 0 Å². The lowest BCUT2D eigenvalue weighted by atomic mass is 10.1. The summed E-state index contributed by atoms with van der Waals surface area (Å²) in [6.45, 7) is 0. The van der Waals surface area contributed by atoms with Crippen molar-refractivity contribution >= 4 is 29.0 Å². The normalized spacial score (nSPS) is 10.2. The standard InChI is InChI=1S/C8H4Cl2F2O/c9-3-6(13)4-1-2-5(10)8(12)7(4)11/h1-2H,3H2. The van der Waals surface area contributed by atoms with Gasteiger partial charge >= 0.3 is 0 Å². The number of carbonyl (C=O) groups excluding carboxylic acids is 1. The van der Waals surface area contributed by atoms with E-state index in [2.05, 4.69) is 0 Å². The van der Waals surface area contributed by atoms with Crippen molar-refractivity contribution < 1.29 is 13.6 Å². The second kappa shape index (κ2) is 4.03. The molecule has 0 amide bonds. The first-order chi connectivity index (χ1) is 6.07. The molecule has 0 aromatic heterocycles. The van der Waals surface area contributed by atoms with E-state index in [4.69, 9.17) is 23.2 Å². The van der Waals surface area contributed by atoms with E-state index in [1.54, 1.807) is 0 Å². The van der Waals surface area contributed by atoms with Crippen LogP contribution in [0.5, 0.6) is 0 Å². The fourth-order valence-corrected chi connectivity index (χ4v) is 1.10. The van der Waals surface area contributed by atoms with Crippen molar-refractivity contribution in [3.63, 3.8) is 0 Å². The maximum absolute atomic E-state index is 13.0. The SMILES string of the molecule is O=C(CCl)c1ccc(Cl)c(F)c1F. The van der Waals surface area contributed by atoms with E-state index in [1.165, 1.54) is 0 Å². The molecule has 0 aliphatic rings. The van der Waals surface area contributed by atoms with Gasteiger partial charge in [-0.25, -0.2) is 8.78 Å². The van der Waals surface area contributed by atoms with Crippen LogP contribution < -0.4 is 0 Å². The van der Waals surface area contributed by atoms with Gasteiger partial charge in [0.25, 0.3) is 0 Å². The summed E-state index contributed by atoms with van der Waals surface area (Å²) in [4.78, 5) is 10.9. The van der Waals surface area contributed by atoms with Crippen LogP contribution in [0.4, 0.5) is 8.78 Å². The minimum Gasteiger partial charge on any atom is -0.293 e. The Morgan fingerprint density at radius 2 is 1.92 bits per heavy atom. The molecule has 1 aromatic carbocycles. The van der Waals surface area contributed by atoms with Gasteiger partial charge in [0.05, 0.1) is 16.5 Å². The van der Waals surface area contributed by atoms with Crippen molar-refractivity contribution in [2.45, 2.75) is 0 Å². The predicted octanol–water partition coefficient (Wildman–Crippen LogP) is 3.04. The van der Waals surface area contributed by atoms with Crippen LogP contribution in [-0.4, -0.2) is 11.7 Å². The molecule has 0 saturated heterocycles. The van der Waals surface area contributed by atoms with Crippen molar-refractivity contribution in [3.05, 3.63) is 34.4 Å². The Balaban J connectivity index is 3.26. The highest BCUT2D eigenvalue weighted by Gasteiger charge is 2.16. The van der Waals surface area contributed by atoms with Crippen LogP contribution in [0.15, 0.2) is 12.1 Å². The molecular weight excluding hydrogens is 221 g/mol. The molecule has 5 heteroatoms. The molecule has 0 atom stereocenters. The minimum absolute atomic E-state index is 0.358. The predicted molar refractivity (Wildman–Crippen MR) is 46.4 cm³/mol. The number of alkyl halides is 1. The van der Waals surface area contributed by atoms with Gasteiger partial charge in [-0.3, -0.25) is 4.79 Å². The summed E-state index contributed by atoms with van der Waals surface area (Å²) in [5.74, 6) is -3.54. The summed E-state index contributed by atoms with van der Waals surface area (Å²) < 4.78 is 25.7. The Kier molecular flexibility index (Phi) is 3.22. The lowest BCUT2D eigenvalue weighted by molar-refractivity contribution is 0.101. The third kappa shape index (κ3) is 1.98. The number of carbonyl (C=O) groups is 1. The number of halogens is 4. The van der Waals surface area contributed by atoms with Gasteiger partial charge in [-0.1, -0.05) is 11.6 Å². The van der Waals surface area contributed by atoms with E-state index < -0.39 is 23.3 Å². The van der Waals surface area contributed by atoms with Gasteiger partial charge in [-0.15, -0.1) is 11.6 Å². The lowest BCUT2D eigenvalue weighted by Gasteiger charge is -2.01. The Morgan fingerprint density at radius 1 is 1.31 bits per heavy atom. The van der Waals surface area contributed by atoms with Crippen molar-refractivity contribution in [2.75, 3.05) is 5.88 Å². The molecule has 0 radical (unpaired) electrons. The topological polar surface area (TPSA) is 17.1 Å². The quantitative estimate of drug-likeness (QED) is 0.429. The van der Waals surface area contributed by atoms with Gasteiger partial charge in [-0.2, -0.15) is 0 Å². The zero-order valence-corrected chi connectivity index (χ0v) is 7.79. The summed E-state index contributed by atoms with van der Waals surface area (Å²) in [6.07, 6.45) is 0. The molecule has 0 spiro atoms. The summed E-state index contributed by atoms with van der Waals surface area (Å²) in [6, 6.07) is 2.21. The first-order valence-electron chi connectivity index (χ1n) is 3.30. The van der Waals surface area contributed by atoms with Crippen LogP contribution in [-0.2, 0) is 0 Å². The summed E-state index contributed by atoms with van der Waals surface area (Å²) in [5, 5.41) is -0.358. The molecule has 0 aliphatic heterocycles. The average molecular weight is 225 g/mol. The number of hydrogen-bond acceptors (Lipinski definition) is 1. The van der Waals surface area contributed by atoms with Crippen LogP contribution in [0.1, 0.15) is 10.4 Å². The van der Waals surface area contributed by atoms with E-state index >= 15 is 0 Å². The van der Waals surface area contributed by atoms with Gasteiger partial charge in [-0.05, 0) is 12.1 Å². The largest absolute Gasteiger partial charge is 0.293 e. The smallest absolute Gasteiger partial charge is 0.180 e. The van der Waals surface area contributed by atoms with Crippen molar-refractivity contribution in [1.82, 2.24) is 0 Å². The molecule has 70 valence electrons. The monoisotopic (exact) mass is 224 g/mol. The van der Waals surface area contributed by atoms with Gasteiger partial charge in [0, 0.05) is 0 Å². The molecule has 13 heavy (non-hydrogen) atoms. The maximum Gasteiger partial charge on any atom is 0.180 e. The molecular formula is C8H4Cl2F2O. The molecule has 0 unspecified atom stereocenters. The highest BCUT2D eigenvalue weighted by Crippen LogP contribution is 2.20. The second-order valence-electron chi connectivity index (χ2n) is 2.28. The molecule has 1 rings (SSSR count). The maximum atomic E-state index is 13.0. The van der Waals surface area contributed by atoms with Crippen LogP contribution in [0.2, 0.25) is 5.02 Å². The summed E-state index contributed by atoms with van der Waals surface area (Å²) in [7, 11) is 0. The molecule has 0 bridgehead atoms. The highest BCUT2D eigenvalue weighted by molar-refractivity contribution is 6.32.